The van der Waals surface area contributed by atoms with Crippen LogP contribution in [0.1, 0.15) is 37.6 Å². The van der Waals surface area contributed by atoms with Crippen molar-refractivity contribution in [1.29, 1.82) is 0 Å². The Morgan fingerprint density at radius 3 is 2.80 bits per heavy atom. The summed E-state index contributed by atoms with van der Waals surface area (Å²) in [6, 6.07) is 9.48. The second kappa shape index (κ2) is 8.07. The van der Waals surface area contributed by atoms with Crippen molar-refractivity contribution < 1.29 is 4.74 Å². The lowest BCUT2D eigenvalue weighted by molar-refractivity contribution is 0.306. The monoisotopic (exact) mass is 355 g/mol. The van der Waals surface area contributed by atoms with Crippen LogP contribution in [-0.4, -0.2) is 22.5 Å². The molecule has 0 aliphatic rings. The van der Waals surface area contributed by atoms with Crippen LogP contribution in [0.25, 0.3) is 10.2 Å². The number of rotatable bonds is 7. The van der Waals surface area contributed by atoms with Gasteiger partial charge in [-0.1, -0.05) is 19.8 Å². The van der Waals surface area contributed by atoms with Gasteiger partial charge in [-0.15, -0.1) is 11.3 Å². The summed E-state index contributed by atoms with van der Waals surface area (Å²) in [4.78, 5) is 17.6. The van der Waals surface area contributed by atoms with E-state index in [4.69, 9.17) is 4.74 Å². The van der Waals surface area contributed by atoms with E-state index in [-0.39, 0.29) is 5.56 Å². The lowest BCUT2D eigenvalue weighted by atomic mass is 10.2. The molecule has 25 heavy (non-hydrogen) atoms. The largest absolute Gasteiger partial charge is 0.494 e. The second-order valence-electron chi connectivity index (χ2n) is 5.78. The number of hydrogen-bond donors (Lipinski definition) is 0. The molecular weight excluding hydrogens is 334 g/mol. The Kier molecular flexibility index (Phi) is 5.60. The molecule has 0 spiro atoms. The van der Waals surface area contributed by atoms with E-state index >= 15 is 0 Å². The van der Waals surface area contributed by atoms with Gasteiger partial charge in [0.25, 0.3) is 5.56 Å². The van der Waals surface area contributed by atoms with E-state index in [0.29, 0.717) is 11.2 Å². The van der Waals surface area contributed by atoms with E-state index < -0.39 is 0 Å². The van der Waals surface area contributed by atoms with E-state index in [1.54, 1.807) is 19.2 Å². The molecule has 1 aromatic carbocycles. The highest BCUT2D eigenvalue weighted by molar-refractivity contribution is 7.16. The van der Waals surface area contributed by atoms with Crippen LogP contribution in [0.5, 0.6) is 5.75 Å². The second-order valence-corrected chi connectivity index (χ2v) is 6.68. The number of ether oxygens (including phenoxy) is 1. The zero-order chi connectivity index (χ0) is 17.6. The fourth-order valence-corrected chi connectivity index (χ4v) is 3.26. The Labute approximate surface area is 150 Å². The van der Waals surface area contributed by atoms with Gasteiger partial charge in [-0.2, -0.15) is 9.78 Å². The Balaban J connectivity index is 1.73. The summed E-state index contributed by atoms with van der Waals surface area (Å²) in [5.41, 5.74) is 0.758. The van der Waals surface area contributed by atoms with Crippen LogP contribution < -0.4 is 10.3 Å². The van der Waals surface area contributed by atoms with Crippen LogP contribution >= 0.6 is 11.3 Å². The van der Waals surface area contributed by atoms with Gasteiger partial charge in [-0.05, 0) is 54.6 Å². The Bertz CT molecular complexity index is 926. The molecule has 3 aromatic rings. The van der Waals surface area contributed by atoms with Crippen molar-refractivity contribution in [1.82, 2.24) is 9.66 Å². The number of aromatic nitrogens is 2. The number of fused-ring (bicyclic) bond motifs is 1. The van der Waals surface area contributed by atoms with Crippen LogP contribution in [0.4, 0.5) is 0 Å². The first-order valence-corrected chi connectivity index (χ1v) is 9.31. The topological polar surface area (TPSA) is 56.5 Å². The van der Waals surface area contributed by atoms with Gasteiger partial charge in [0, 0.05) is 0 Å². The molecule has 6 heteroatoms. The molecule has 0 aliphatic heterocycles. The van der Waals surface area contributed by atoms with Gasteiger partial charge >= 0.3 is 0 Å². The van der Waals surface area contributed by atoms with Crippen LogP contribution in [-0.2, 0) is 0 Å². The minimum Gasteiger partial charge on any atom is -0.494 e. The smallest absolute Gasteiger partial charge is 0.282 e. The van der Waals surface area contributed by atoms with Gasteiger partial charge in [0.05, 0.1) is 18.2 Å². The molecule has 0 N–H and O–H groups in total. The first-order chi connectivity index (χ1) is 12.2. The van der Waals surface area contributed by atoms with Crippen LogP contribution in [0.2, 0.25) is 0 Å². The number of unbranched alkanes of at least 4 members (excludes halogenated alkanes) is 2. The summed E-state index contributed by atoms with van der Waals surface area (Å²) >= 11 is 1.46. The van der Waals surface area contributed by atoms with Crippen LogP contribution in [0, 0.1) is 6.92 Å². The van der Waals surface area contributed by atoms with Gasteiger partial charge in [0.1, 0.15) is 16.4 Å². The summed E-state index contributed by atoms with van der Waals surface area (Å²) < 4.78 is 7.03. The van der Waals surface area contributed by atoms with E-state index in [0.717, 1.165) is 29.2 Å². The summed E-state index contributed by atoms with van der Waals surface area (Å²) in [7, 11) is 0. The number of thiophene rings is 1. The van der Waals surface area contributed by atoms with Gasteiger partial charge in [-0.3, -0.25) is 4.79 Å². The Hall–Kier alpha value is -2.47. The molecule has 0 unspecified atom stereocenters. The zero-order valence-electron chi connectivity index (χ0n) is 14.4. The predicted molar refractivity (Wildman–Crippen MR) is 103 cm³/mol. The molecule has 130 valence electrons. The first-order valence-electron chi connectivity index (χ1n) is 8.43. The average Bonchev–Trinajstić information content (AvgIpc) is 3.08. The Morgan fingerprint density at radius 1 is 1.24 bits per heavy atom. The van der Waals surface area contributed by atoms with Crippen LogP contribution in [0.15, 0.2) is 45.6 Å². The molecule has 5 nitrogen and oxygen atoms in total. The fourth-order valence-electron chi connectivity index (χ4n) is 2.46. The standard InChI is InChI=1S/C19H21N3O2S/c1-3-4-5-11-24-16-8-6-15(7-9-16)13-20-22-14(2)21-18-17(19(22)23)10-12-25-18/h6-10,12-13H,3-5,11H2,1-2H3/b20-13-. The first kappa shape index (κ1) is 17.4. The van der Waals surface area contributed by atoms with Crippen molar-refractivity contribution >= 4 is 27.8 Å². The van der Waals surface area contributed by atoms with Crippen molar-refractivity contribution in [3.8, 4) is 5.75 Å². The molecule has 0 fully saturated rings. The van der Waals surface area contributed by atoms with Crippen LogP contribution in [0.3, 0.4) is 0 Å². The third-order valence-corrected chi connectivity index (χ3v) is 4.66. The molecular formula is C19H21N3O2S. The number of benzene rings is 1. The van der Waals surface area contributed by atoms with E-state index in [2.05, 4.69) is 17.0 Å². The van der Waals surface area contributed by atoms with Gasteiger partial charge < -0.3 is 4.74 Å². The molecule has 2 aromatic heterocycles. The van der Waals surface area contributed by atoms with Gasteiger partial charge in [0.15, 0.2) is 0 Å². The summed E-state index contributed by atoms with van der Waals surface area (Å²) in [5.74, 6) is 1.43. The third-order valence-electron chi connectivity index (χ3n) is 3.86. The quantitative estimate of drug-likeness (QED) is 0.471. The lowest BCUT2D eigenvalue weighted by Crippen LogP contribution is -2.19. The molecule has 0 aliphatic carbocycles. The minimum atomic E-state index is -0.143. The maximum Gasteiger partial charge on any atom is 0.282 e. The zero-order valence-corrected chi connectivity index (χ0v) is 15.3. The summed E-state index contributed by atoms with van der Waals surface area (Å²) in [6.07, 6.45) is 5.10. The highest BCUT2D eigenvalue weighted by atomic mass is 32.1. The summed E-state index contributed by atoms with van der Waals surface area (Å²) in [6.45, 7) is 4.69. The molecule has 2 heterocycles. The number of hydrogen-bond acceptors (Lipinski definition) is 5. The van der Waals surface area contributed by atoms with Crippen molar-refractivity contribution in [3.63, 3.8) is 0 Å². The van der Waals surface area contributed by atoms with E-state index in [1.807, 2.05) is 29.6 Å². The van der Waals surface area contributed by atoms with E-state index in [1.165, 1.54) is 28.9 Å². The number of aryl methyl sites for hydroxylation is 1. The highest BCUT2D eigenvalue weighted by Crippen LogP contribution is 2.15. The predicted octanol–water partition coefficient (Wildman–Crippen LogP) is 4.22. The fraction of sp³-hybridized carbons (Fsp3) is 0.316. The average molecular weight is 355 g/mol. The van der Waals surface area contributed by atoms with Crippen molar-refractivity contribution in [2.75, 3.05) is 6.61 Å². The van der Waals surface area contributed by atoms with Crippen molar-refractivity contribution in [2.45, 2.75) is 33.1 Å². The third kappa shape index (κ3) is 4.14. The molecule has 0 radical (unpaired) electrons. The Morgan fingerprint density at radius 2 is 2.04 bits per heavy atom. The SMILES string of the molecule is CCCCCOc1ccc(/C=N\n2c(C)nc3sccc3c2=O)cc1. The molecule has 3 rings (SSSR count). The molecule has 0 saturated carbocycles. The van der Waals surface area contributed by atoms with Crippen molar-refractivity contribution in [3.05, 3.63) is 57.5 Å². The molecule has 0 amide bonds. The van der Waals surface area contributed by atoms with E-state index in [9.17, 15) is 4.79 Å². The maximum atomic E-state index is 12.5. The molecule has 0 saturated heterocycles. The van der Waals surface area contributed by atoms with Gasteiger partial charge in [0.2, 0.25) is 0 Å². The maximum absolute atomic E-state index is 12.5. The molecule has 0 bridgehead atoms. The lowest BCUT2D eigenvalue weighted by Gasteiger charge is -2.06. The molecule has 0 atom stereocenters. The number of nitrogens with zero attached hydrogens (tertiary/aromatic N) is 3. The summed E-state index contributed by atoms with van der Waals surface area (Å²) in [5, 5.41) is 6.77. The van der Waals surface area contributed by atoms with Crippen molar-refractivity contribution in [2.24, 2.45) is 5.10 Å². The highest BCUT2D eigenvalue weighted by Gasteiger charge is 2.07. The van der Waals surface area contributed by atoms with Gasteiger partial charge in [-0.25, -0.2) is 4.98 Å². The minimum absolute atomic E-state index is 0.143. The normalized spacial score (nSPS) is 11.4.